The van der Waals surface area contributed by atoms with E-state index in [1.54, 1.807) is 0 Å². The van der Waals surface area contributed by atoms with E-state index in [0.717, 1.165) is 34.1 Å². The van der Waals surface area contributed by atoms with Gasteiger partial charge in [0.1, 0.15) is 0 Å². The summed E-state index contributed by atoms with van der Waals surface area (Å²) in [7, 11) is 0. The second-order valence-corrected chi connectivity index (χ2v) is 20.2. The van der Waals surface area contributed by atoms with Gasteiger partial charge in [-0.3, -0.25) is 0 Å². The fourth-order valence-electron chi connectivity index (χ4n) is 14.2. The monoisotopic (exact) mass is 938 g/mol. The fourth-order valence-corrected chi connectivity index (χ4v) is 14.2. The van der Waals surface area contributed by atoms with Crippen molar-refractivity contribution in [2.75, 3.05) is 9.80 Å². The highest BCUT2D eigenvalue weighted by atomic mass is 15.2. The van der Waals surface area contributed by atoms with Crippen LogP contribution in [0.4, 0.5) is 34.1 Å². The van der Waals surface area contributed by atoms with Gasteiger partial charge >= 0.3 is 0 Å². The summed E-state index contributed by atoms with van der Waals surface area (Å²) in [6.45, 7) is 0. The van der Waals surface area contributed by atoms with E-state index in [4.69, 9.17) is 0 Å². The number of hydrogen-bond acceptors (Lipinski definition) is 2. The number of hydrogen-bond donors (Lipinski definition) is 0. The van der Waals surface area contributed by atoms with Crippen LogP contribution in [-0.2, 0) is 10.8 Å². The Morgan fingerprint density at radius 3 is 1.18 bits per heavy atom. The van der Waals surface area contributed by atoms with Crippen molar-refractivity contribution < 1.29 is 0 Å². The van der Waals surface area contributed by atoms with E-state index in [9.17, 15) is 0 Å². The van der Waals surface area contributed by atoms with Crippen LogP contribution in [0.5, 0.6) is 0 Å². The summed E-state index contributed by atoms with van der Waals surface area (Å²) in [5.74, 6) is 0. The summed E-state index contributed by atoms with van der Waals surface area (Å²) in [6, 6.07) is 105. The lowest BCUT2D eigenvalue weighted by molar-refractivity contribution is 0.790. The van der Waals surface area contributed by atoms with Crippen LogP contribution in [0.25, 0.3) is 55.3 Å². The molecule has 12 aromatic carbocycles. The molecular formula is C72H46N2. The summed E-state index contributed by atoms with van der Waals surface area (Å²) in [5.41, 5.74) is 26.3. The first-order valence-corrected chi connectivity index (χ1v) is 25.8. The van der Waals surface area contributed by atoms with Gasteiger partial charge in [0, 0.05) is 33.9 Å². The van der Waals surface area contributed by atoms with Crippen molar-refractivity contribution in [2.24, 2.45) is 0 Å². The SMILES string of the molecule is c1ccc(N(c2ccccc2)c2cccc3c2-c2ccccc2C32c3ccccc3-c3c2c(N(c2ccccc2)c2ccc4c(c2)C2(c5ccccc5-c5ccccc52)c2ccccc2-4)cc2ccccc32)cc1. The quantitative estimate of drug-likeness (QED) is 0.164. The van der Waals surface area contributed by atoms with Crippen LogP contribution in [0.15, 0.2) is 279 Å². The fraction of sp³-hybridized carbons (Fsp3) is 0.0278. The highest BCUT2D eigenvalue weighted by Gasteiger charge is 2.56. The summed E-state index contributed by atoms with van der Waals surface area (Å²) in [5, 5.41) is 2.46. The van der Waals surface area contributed by atoms with Gasteiger partial charge < -0.3 is 9.80 Å². The van der Waals surface area contributed by atoms with Crippen molar-refractivity contribution in [1.82, 2.24) is 0 Å². The van der Waals surface area contributed by atoms with E-state index in [1.807, 2.05) is 0 Å². The van der Waals surface area contributed by atoms with Crippen molar-refractivity contribution in [3.8, 4) is 44.5 Å². The third kappa shape index (κ3) is 5.28. The third-order valence-corrected chi connectivity index (χ3v) is 16.8. The normalized spacial score (nSPS) is 15.2. The lowest BCUT2D eigenvalue weighted by atomic mass is 9.69. The number of anilines is 6. The number of benzene rings is 12. The van der Waals surface area contributed by atoms with E-state index < -0.39 is 10.8 Å². The standard InChI is InChI=1S/C72H46N2/c1-4-24-48(25-5-1)73(49-26-6-2-7-27-49)66-42-22-41-64-69(66)58-35-16-21-40-63(58)72(64)62-39-20-15-34-57(62)68-52-30-11-10-23-47(52)45-67(70(68)72)74(50-28-8-3-9-29-50)51-43-44-56-55-33-14-19-38-61(55)71(65(56)46-51)59-36-17-12-31-53(59)54-32-13-18-37-60(54)71/h1-46H. The average Bonchev–Trinajstić information content (AvgIpc) is 4.34. The van der Waals surface area contributed by atoms with E-state index >= 15 is 0 Å². The highest BCUT2D eigenvalue weighted by molar-refractivity contribution is 6.12. The van der Waals surface area contributed by atoms with Crippen LogP contribution in [-0.4, -0.2) is 0 Å². The Labute approximate surface area is 431 Å². The number of nitrogens with zero attached hydrogens (tertiary/aromatic N) is 2. The van der Waals surface area contributed by atoms with Gasteiger partial charge in [0.05, 0.1) is 22.2 Å². The Bertz CT molecular complexity index is 4170. The zero-order chi connectivity index (χ0) is 48.5. The van der Waals surface area contributed by atoms with Gasteiger partial charge in [-0.25, -0.2) is 0 Å². The van der Waals surface area contributed by atoms with Gasteiger partial charge in [-0.15, -0.1) is 0 Å². The topological polar surface area (TPSA) is 6.48 Å². The van der Waals surface area contributed by atoms with Crippen LogP contribution in [0, 0.1) is 0 Å². The summed E-state index contributed by atoms with van der Waals surface area (Å²) >= 11 is 0. The Morgan fingerprint density at radius 2 is 0.635 bits per heavy atom. The Hall–Kier alpha value is -9.50. The van der Waals surface area contributed by atoms with Crippen LogP contribution in [0.3, 0.4) is 0 Å². The molecule has 0 aromatic heterocycles. The first-order valence-electron chi connectivity index (χ1n) is 25.8. The lowest BCUT2D eigenvalue weighted by Crippen LogP contribution is -2.29. The van der Waals surface area contributed by atoms with Crippen molar-refractivity contribution in [1.29, 1.82) is 0 Å². The first-order chi connectivity index (χ1) is 36.8. The van der Waals surface area contributed by atoms with Crippen LogP contribution >= 0.6 is 0 Å². The second kappa shape index (κ2) is 15.5. The van der Waals surface area contributed by atoms with E-state index in [2.05, 4.69) is 289 Å². The minimum absolute atomic E-state index is 0.497. The maximum Gasteiger partial charge on any atom is 0.0747 e. The lowest BCUT2D eigenvalue weighted by Gasteiger charge is -2.37. The molecule has 0 saturated carbocycles. The number of para-hydroxylation sites is 3. The maximum absolute atomic E-state index is 2.59. The van der Waals surface area contributed by atoms with E-state index in [0.29, 0.717) is 0 Å². The van der Waals surface area contributed by atoms with Crippen molar-refractivity contribution in [3.63, 3.8) is 0 Å². The van der Waals surface area contributed by atoms with Crippen molar-refractivity contribution >= 4 is 44.9 Å². The van der Waals surface area contributed by atoms with Crippen LogP contribution < -0.4 is 9.80 Å². The number of fused-ring (bicyclic) bond motifs is 22. The molecule has 0 radical (unpaired) electrons. The van der Waals surface area contributed by atoms with Gasteiger partial charge in [0.15, 0.2) is 0 Å². The third-order valence-electron chi connectivity index (χ3n) is 16.8. The molecule has 2 heteroatoms. The maximum atomic E-state index is 2.59. The van der Waals surface area contributed by atoms with E-state index in [1.165, 1.54) is 99.8 Å². The summed E-state index contributed by atoms with van der Waals surface area (Å²) in [6.07, 6.45) is 0. The molecule has 0 bridgehead atoms. The molecule has 4 aliphatic rings. The predicted octanol–water partition coefficient (Wildman–Crippen LogP) is 18.5. The number of rotatable bonds is 6. The van der Waals surface area contributed by atoms with Gasteiger partial charge in [0.25, 0.3) is 0 Å². The van der Waals surface area contributed by atoms with Crippen molar-refractivity contribution in [3.05, 3.63) is 324 Å². The minimum Gasteiger partial charge on any atom is -0.310 e. The molecule has 1 unspecified atom stereocenters. The smallest absolute Gasteiger partial charge is 0.0747 e. The Morgan fingerprint density at radius 1 is 0.230 bits per heavy atom. The average molecular weight is 939 g/mol. The minimum atomic E-state index is -0.698. The zero-order valence-electron chi connectivity index (χ0n) is 40.5. The van der Waals surface area contributed by atoms with Gasteiger partial charge in [0.2, 0.25) is 0 Å². The zero-order valence-corrected chi connectivity index (χ0v) is 40.5. The molecule has 1 atom stereocenters. The molecular weight excluding hydrogens is 893 g/mol. The van der Waals surface area contributed by atoms with Gasteiger partial charge in [-0.05, 0) is 149 Å². The molecule has 2 spiro atoms. The summed E-state index contributed by atoms with van der Waals surface area (Å²) in [4.78, 5) is 5.04. The van der Waals surface area contributed by atoms with Crippen molar-refractivity contribution in [2.45, 2.75) is 10.8 Å². The highest BCUT2D eigenvalue weighted by Crippen LogP contribution is 2.69. The summed E-state index contributed by atoms with van der Waals surface area (Å²) < 4.78 is 0. The van der Waals surface area contributed by atoms with Gasteiger partial charge in [-0.2, -0.15) is 0 Å². The molecule has 2 nitrogen and oxygen atoms in total. The Balaban J connectivity index is 1.03. The van der Waals surface area contributed by atoms with Crippen LogP contribution in [0.1, 0.15) is 44.5 Å². The predicted molar refractivity (Wildman–Crippen MR) is 306 cm³/mol. The molecule has 16 rings (SSSR count). The molecule has 0 fully saturated rings. The molecule has 344 valence electrons. The molecule has 0 N–H and O–H groups in total. The van der Waals surface area contributed by atoms with Crippen LogP contribution in [0.2, 0.25) is 0 Å². The molecule has 0 amide bonds. The molecule has 0 heterocycles. The Kier molecular flexibility index (Phi) is 8.62. The molecule has 0 aliphatic heterocycles. The second-order valence-electron chi connectivity index (χ2n) is 20.2. The molecule has 4 aliphatic carbocycles. The molecule has 74 heavy (non-hydrogen) atoms. The van der Waals surface area contributed by atoms with E-state index in [-0.39, 0.29) is 0 Å². The largest absolute Gasteiger partial charge is 0.310 e. The van der Waals surface area contributed by atoms with Gasteiger partial charge in [-0.1, -0.05) is 218 Å². The molecule has 0 saturated heterocycles. The first kappa shape index (κ1) is 41.2. The molecule has 12 aromatic rings.